The SMILES string of the molecule is C(#Cc1ccc2c(c1)CCO2)CN1CCNCC1. The molecule has 0 saturated carbocycles. The molecule has 1 fully saturated rings. The van der Waals surface area contributed by atoms with Crippen LogP contribution < -0.4 is 10.1 Å². The van der Waals surface area contributed by atoms with Gasteiger partial charge in [0, 0.05) is 38.2 Å². The highest BCUT2D eigenvalue weighted by Gasteiger charge is 2.11. The van der Waals surface area contributed by atoms with Gasteiger partial charge in [-0.1, -0.05) is 11.8 Å². The number of fused-ring (bicyclic) bond motifs is 1. The van der Waals surface area contributed by atoms with Crippen LogP contribution in [0.5, 0.6) is 5.75 Å². The fraction of sp³-hybridized carbons (Fsp3) is 0.467. The topological polar surface area (TPSA) is 24.5 Å². The molecule has 1 saturated heterocycles. The molecule has 1 N–H and O–H groups in total. The Hall–Kier alpha value is -1.50. The van der Waals surface area contributed by atoms with Crippen molar-refractivity contribution in [2.75, 3.05) is 39.3 Å². The van der Waals surface area contributed by atoms with Crippen LogP contribution in [0.2, 0.25) is 0 Å². The predicted molar refractivity (Wildman–Crippen MR) is 71.8 cm³/mol. The fourth-order valence-corrected chi connectivity index (χ4v) is 2.39. The summed E-state index contributed by atoms with van der Waals surface area (Å²) < 4.78 is 5.49. The Morgan fingerprint density at radius 2 is 2.17 bits per heavy atom. The van der Waals surface area contributed by atoms with E-state index in [0.717, 1.165) is 57.1 Å². The average molecular weight is 242 g/mol. The van der Waals surface area contributed by atoms with Crippen molar-refractivity contribution in [1.82, 2.24) is 10.2 Å². The van der Waals surface area contributed by atoms with Gasteiger partial charge in [-0.25, -0.2) is 0 Å². The minimum Gasteiger partial charge on any atom is -0.493 e. The van der Waals surface area contributed by atoms with Crippen molar-refractivity contribution in [2.24, 2.45) is 0 Å². The highest BCUT2D eigenvalue weighted by atomic mass is 16.5. The van der Waals surface area contributed by atoms with Crippen LogP contribution in [0.4, 0.5) is 0 Å². The molecule has 0 unspecified atom stereocenters. The maximum atomic E-state index is 5.49. The standard InChI is InChI=1S/C15H18N2O/c1(8-17-9-6-16-7-10-17)2-13-3-4-15-14(12-13)5-11-18-15/h3-4,12,16H,5-11H2. The zero-order valence-electron chi connectivity index (χ0n) is 10.5. The van der Waals surface area contributed by atoms with Gasteiger partial charge in [0.2, 0.25) is 0 Å². The third kappa shape index (κ3) is 2.66. The molecule has 0 bridgehead atoms. The van der Waals surface area contributed by atoms with Gasteiger partial charge in [0.1, 0.15) is 5.75 Å². The van der Waals surface area contributed by atoms with Gasteiger partial charge in [0.15, 0.2) is 0 Å². The van der Waals surface area contributed by atoms with E-state index in [-0.39, 0.29) is 0 Å². The van der Waals surface area contributed by atoms with E-state index in [1.54, 1.807) is 0 Å². The summed E-state index contributed by atoms with van der Waals surface area (Å²) in [4.78, 5) is 2.39. The molecule has 0 atom stereocenters. The summed E-state index contributed by atoms with van der Waals surface area (Å²) in [5.74, 6) is 7.55. The molecule has 18 heavy (non-hydrogen) atoms. The molecule has 2 aliphatic rings. The van der Waals surface area contributed by atoms with Crippen molar-refractivity contribution >= 4 is 0 Å². The molecule has 0 aliphatic carbocycles. The first kappa shape index (κ1) is 11.6. The van der Waals surface area contributed by atoms with Crippen molar-refractivity contribution in [1.29, 1.82) is 0 Å². The molecule has 94 valence electrons. The molecule has 3 heteroatoms. The molecule has 0 amide bonds. The third-order valence-corrected chi connectivity index (χ3v) is 3.43. The molecular formula is C15H18N2O. The largest absolute Gasteiger partial charge is 0.493 e. The molecule has 3 rings (SSSR count). The van der Waals surface area contributed by atoms with Crippen molar-refractivity contribution in [3.8, 4) is 17.6 Å². The van der Waals surface area contributed by atoms with Gasteiger partial charge in [-0.3, -0.25) is 4.90 Å². The maximum absolute atomic E-state index is 5.49. The molecule has 1 aromatic rings. The van der Waals surface area contributed by atoms with E-state index in [1.165, 1.54) is 5.56 Å². The number of hydrogen-bond acceptors (Lipinski definition) is 3. The van der Waals surface area contributed by atoms with Gasteiger partial charge in [0.05, 0.1) is 13.2 Å². The first-order valence-corrected chi connectivity index (χ1v) is 6.59. The van der Waals surface area contributed by atoms with E-state index in [4.69, 9.17) is 4.74 Å². The minimum absolute atomic E-state index is 0.812. The van der Waals surface area contributed by atoms with E-state index in [2.05, 4.69) is 34.2 Å². The summed E-state index contributed by atoms with van der Waals surface area (Å²) in [6, 6.07) is 6.25. The Morgan fingerprint density at radius 1 is 1.28 bits per heavy atom. The highest BCUT2D eigenvalue weighted by Crippen LogP contribution is 2.25. The van der Waals surface area contributed by atoms with Crippen LogP contribution in [0.3, 0.4) is 0 Å². The van der Waals surface area contributed by atoms with E-state index in [9.17, 15) is 0 Å². The minimum atomic E-state index is 0.812. The predicted octanol–water partition coefficient (Wildman–Crippen LogP) is 0.878. The van der Waals surface area contributed by atoms with Gasteiger partial charge in [-0.2, -0.15) is 0 Å². The molecule has 3 nitrogen and oxygen atoms in total. The number of nitrogens with one attached hydrogen (secondary N) is 1. The lowest BCUT2D eigenvalue weighted by atomic mass is 10.1. The summed E-state index contributed by atoms with van der Waals surface area (Å²) in [7, 11) is 0. The van der Waals surface area contributed by atoms with Crippen LogP contribution in [0, 0.1) is 11.8 Å². The fourth-order valence-electron chi connectivity index (χ4n) is 2.39. The summed E-state index contributed by atoms with van der Waals surface area (Å²) >= 11 is 0. The Bertz CT molecular complexity index is 481. The van der Waals surface area contributed by atoms with Crippen molar-refractivity contribution in [3.05, 3.63) is 29.3 Å². The van der Waals surface area contributed by atoms with Crippen LogP contribution in [-0.2, 0) is 6.42 Å². The van der Waals surface area contributed by atoms with E-state index >= 15 is 0 Å². The number of piperazine rings is 1. The van der Waals surface area contributed by atoms with Gasteiger partial charge in [0.25, 0.3) is 0 Å². The zero-order valence-corrected chi connectivity index (χ0v) is 10.5. The number of ether oxygens (including phenoxy) is 1. The van der Waals surface area contributed by atoms with Crippen LogP contribution in [0.1, 0.15) is 11.1 Å². The average Bonchev–Trinajstić information content (AvgIpc) is 2.87. The summed E-state index contributed by atoms with van der Waals surface area (Å²) in [5, 5.41) is 3.35. The van der Waals surface area contributed by atoms with Gasteiger partial charge in [-0.15, -0.1) is 0 Å². The van der Waals surface area contributed by atoms with Crippen molar-refractivity contribution < 1.29 is 4.74 Å². The molecular weight excluding hydrogens is 224 g/mol. The van der Waals surface area contributed by atoms with Crippen LogP contribution in [-0.4, -0.2) is 44.2 Å². The Balaban J connectivity index is 1.62. The third-order valence-electron chi connectivity index (χ3n) is 3.43. The molecule has 2 aliphatic heterocycles. The van der Waals surface area contributed by atoms with Gasteiger partial charge in [-0.05, 0) is 23.8 Å². The van der Waals surface area contributed by atoms with Gasteiger partial charge >= 0.3 is 0 Å². The second kappa shape index (κ2) is 5.43. The Kier molecular flexibility index (Phi) is 3.49. The van der Waals surface area contributed by atoms with E-state index in [1.807, 2.05) is 6.07 Å². The lowest BCUT2D eigenvalue weighted by molar-refractivity contribution is 0.268. The molecule has 1 aromatic carbocycles. The van der Waals surface area contributed by atoms with Crippen molar-refractivity contribution in [2.45, 2.75) is 6.42 Å². The Morgan fingerprint density at radius 3 is 3.06 bits per heavy atom. The van der Waals surface area contributed by atoms with Gasteiger partial charge < -0.3 is 10.1 Å². The van der Waals surface area contributed by atoms with Crippen LogP contribution in [0.25, 0.3) is 0 Å². The van der Waals surface area contributed by atoms with Crippen LogP contribution >= 0.6 is 0 Å². The smallest absolute Gasteiger partial charge is 0.122 e. The summed E-state index contributed by atoms with van der Waals surface area (Å²) in [6.45, 7) is 6.05. The second-order valence-corrected chi connectivity index (χ2v) is 4.75. The first-order valence-electron chi connectivity index (χ1n) is 6.59. The number of nitrogens with zero attached hydrogens (tertiary/aromatic N) is 1. The normalized spacial score (nSPS) is 18.7. The quantitative estimate of drug-likeness (QED) is 0.740. The highest BCUT2D eigenvalue weighted by molar-refractivity contribution is 5.45. The monoisotopic (exact) mass is 242 g/mol. The van der Waals surface area contributed by atoms with E-state index in [0.29, 0.717) is 0 Å². The maximum Gasteiger partial charge on any atom is 0.122 e. The van der Waals surface area contributed by atoms with E-state index < -0.39 is 0 Å². The summed E-state index contributed by atoms with van der Waals surface area (Å²) in [6.07, 6.45) is 1.02. The number of rotatable bonds is 1. The lowest BCUT2D eigenvalue weighted by Gasteiger charge is -2.24. The summed E-state index contributed by atoms with van der Waals surface area (Å²) in [5.41, 5.74) is 2.40. The number of benzene rings is 1. The Labute approximate surface area is 108 Å². The zero-order chi connectivity index (χ0) is 12.2. The molecule has 0 spiro atoms. The number of hydrogen-bond donors (Lipinski definition) is 1. The second-order valence-electron chi connectivity index (χ2n) is 4.75. The first-order chi connectivity index (χ1) is 8.92. The molecule has 0 aromatic heterocycles. The van der Waals surface area contributed by atoms with Crippen LogP contribution in [0.15, 0.2) is 18.2 Å². The lowest BCUT2D eigenvalue weighted by Crippen LogP contribution is -2.43. The van der Waals surface area contributed by atoms with Crippen molar-refractivity contribution in [3.63, 3.8) is 0 Å². The molecule has 0 radical (unpaired) electrons. The molecule has 2 heterocycles.